The van der Waals surface area contributed by atoms with Gasteiger partial charge in [0.15, 0.2) is 0 Å². The van der Waals surface area contributed by atoms with Gasteiger partial charge in [0.2, 0.25) is 5.91 Å². The Morgan fingerprint density at radius 1 is 1.24 bits per heavy atom. The van der Waals surface area contributed by atoms with Crippen molar-refractivity contribution in [1.82, 2.24) is 5.32 Å². The third-order valence-electron chi connectivity index (χ3n) is 3.05. The number of amides is 1. The van der Waals surface area contributed by atoms with E-state index < -0.39 is 0 Å². The van der Waals surface area contributed by atoms with Crippen molar-refractivity contribution < 1.29 is 4.79 Å². The Hall–Kier alpha value is -0.880. The molecule has 0 fully saturated rings. The molecule has 0 saturated heterocycles. The first-order valence-electron chi connectivity index (χ1n) is 6.47. The van der Waals surface area contributed by atoms with Gasteiger partial charge < -0.3 is 11.1 Å². The molecule has 3 nitrogen and oxygen atoms in total. The molecule has 0 bridgehead atoms. The van der Waals surface area contributed by atoms with Gasteiger partial charge in [0.1, 0.15) is 0 Å². The van der Waals surface area contributed by atoms with Crippen molar-refractivity contribution >= 4 is 45.6 Å². The van der Waals surface area contributed by atoms with Gasteiger partial charge in [-0.2, -0.15) is 0 Å². The maximum Gasteiger partial charge on any atom is 0.228 e. The predicted octanol–water partition coefficient (Wildman–Crippen LogP) is 3.33. The summed E-state index contributed by atoms with van der Waals surface area (Å²) < 4.78 is 1.11. The second-order valence-electron chi connectivity index (χ2n) is 4.45. The lowest BCUT2D eigenvalue weighted by Crippen LogP contribution is -2.34. The number of nitrogens with one attached hydrogen (secondary N) is 1. The summed E-state index contributed by atoms with van der Waals surface area (Å²) in [6.45, 7) is 0.954. The van der Waals surface area contributed by atoms with E-state index in [4.69, 9.17) is 5.73 Å². The van der Waals surface area contributed by atoms with E-state index in [1.807, 2.05) is 36.4 Å². The molecule has 0 aliphatic rings. The molecule has 0 aliphatic carbocycles. The summed E-state index contributed by atoms with van der Waals surface area (Å²) in [7, 11) is 0. The van der Waals surface area contributed by atoms with Crippen molar-refractivity contribution in [2.45, 2.75) is 12.3 Å². The van der Waals surface area contributed by atoms with Crippen LogP contribution in [0.25, 0.3) is 0 Å². The summed E-state index contributed by atoms with van der Waals surface area (Å²) in [5.41, 5.74) is 6.69. The highest BCUT2D eigenvalue weighted by atomic mass is 79.9. The summed E-state index contributed by atoms with van der Waals surface area (Å²) in [4.78, 5) is 13.4. The van der Waals surface area contributed by atoms with Crippen LogP contribution < -0.4 is 11.1 Å². The van der Waals surface area contributed by atoms with Gasteiger partial charge in [-0.1, -0.05) is 30.3 Å². The van der Waals surface area contributed by atoms with E-state index in [1.165, 1.54) is 4.88 Å². The Bertz CT molecular complexity index is 562. The number of hydrogen-bond donors (Lipinski definition) is 2. The SMILES string of the molecule is Cl.NCC(C(=O)NCCc1ccc(Br)s1)c1ccccc1. The number of benzene rings is 1. The standard InChI is InChI=1S/C15H17BrN2OS.ClH/c16-14-7-6-12(20-14)8-9-18-15(19)13(10-17)11-4-2-1-3-5-11;/h1-7,13H,8-10,17H2,(H,18,19);1H. The quantitative estimate of drug-likeness (QED) is 0.796. The van der Waals surface area contributed by atoms with Crippen molar-refractivity contribution in [3.05, 3.63) is 56.7 Å². The molecule has 1 heterocycles. The number of rotatable bonds is 6. The van der Waals surface area contributed by atoms with Crippen LogP contribution in [0.2, 0.25) is 0 Å². The topological polar surface area (TPSA) is 55.1 Å². The van der Waals surface area contributed by atoms with Gasteiger partial charge in [-0.25, -0.2) is 0 Å². The molecule has 1 unspecified atom stereocenters. The first-order valence-corrected chi connectivity index (χ1v) is 8.08. The first-order chi connectivity index (χ1) is 9.70. The van der Waals surface area contributed by atoms with Gasteiger partial charge in [-0.15, -0.1) is 23.7 Å². The fourth-order valence-electron chi connectivity index (χ4n) is 2.00. The first kappa shape index (κ1) is 18.2. The monoisotopic (exact) mass is 388 g/mol. The van der Waals surface area contributed by atoms with Gasteiger partial charge in [-0.05, 0) is 40.0 Å². The molecule has 0 saturated carbocycles. The fourth-order valence-corrected chi connectivity index (χ4v) is 3.48. The number of carbonyl (C=O) groups is 1. The molecule has 1 atom stereocenters. The van der Waals surface area contributed by atoms with Crippen LogP contribution in [0.15, 0.2) is 46.3 Å². The summed E-state index contributed by atoms with van der Waals surface area (Å²) in [5.74, 6) is -0.277. The molecule has 2 aromatic rings. The van der Waals surface area contributed by atoms with E-state index in [2.05, 4.69) is 27.3 Å². The maximum atomic E-state index is 12.2. The minimum absolute atomic E-state index is 0. The lowest BCUT2D eigenvalue weighted by atomic mass is 9.98. The molecule has 21 heavy (non-hydrogen) atoms. The third-order valence-corrected chi connectivity index (χ3v) is 4.74. The van der Waals surface area contributed by atoms with Crippen LogP contribution in [0.3, 0.4) is 0 Å². The predicted molar refractivity (Wildman–Crippen MR) is 94.2 cm³/mol. The third kappa shape index (κ3) is 5.43. The van der Waals surface area contributed by atoms with Crippen LogP contribution in [-0.4, -0.2) is 19.0 Å². The van der Waals surface area contributed by atoms with Crippen LogP contribution in [0.4, 0.5) is 0 Å². The molecule has 114 valence electrons. The second kappa shape index (κ2) is 9.20. The van der Waals surface area contributed by atoms with E-state index in [1.54, 1.807) is 11.3 Å². The Labute approximate surface area is 143 Å². The van der Waals surface area contributed by atoms with Gasteiger partial charge >= 0.3 is 0 Å². The van der Waals surface area contributed by atoms with E-state index in [-0.39, 0.29) is 24.2 Å². The van der Waals surface area contributed by atoms with Crippen LogP contribution in [-0.2, 0) is 11.2 Å². The van der Waals surface area contributed by atoms with E-state index in [0.717, 1.165) is 15.8 Å². The Kier molecular flexibility index (Phi) is 7.96. The second-order valence-corrected chi connectivity index (χ2v) is 6.99. The minimum atomic E-state index is -0.272. The molecular weight excluding hydrogens is 372 g/mol. The average Bonchev–Trinajstić information content (AvgIpc) is 2.86. The number of hydrogen-bond acceptors (Lipinski definition) is 3. The van der Waals surface area contributed by atoms with Crippen LogP contribution in [0.1, 0.15) is 16.4 Å². The highest BCUT2D eigenvalue weighted by Crippen LogP contribution is 2.22. The molecule has 1 aromatic carbocycles. The smallest absolute Gasteiger partial charge is 0.228 e. The fraction of sp³-hybridized carbons (Fsp3) is 0.267. The van der Waals surface area contributed by atoms with E-state index in [9.17, 15) is 4.79 Å². The molecule has 6 heteroatoms. The zero-order valence-electron chi connectivity index (χ0n) is 11.4. The van der Waals surface area contributed by atoms with Crippen molar-refractivity contribution in [3.8, 4) is 0 Å². The van der Waals surface area contributed by atoms with Gasteiger partial charge in [0.05, 0.1) is 9.70 Å². The van der Waals surface area contributed by atoms with Crippen molar-refractivity contribution in [1.29, 1.82) is 0 Å². The van der Waals surface area contributed by atoms with Gasteiger partial charge in [-0.3, -0.25) is 4.79 Å². The molecule has 2 rings (SSSR count). The van der Waals surface area contributed by atoms with Crippen LogP contribution in [0.5, 0.6) is 0 Å². The summed E-state index contributed by atoms with van der Waals surface area (Å²) in [6, 6.07) is 13.8. The molecule has 1 aromatic heterocycles. The van der Waals surface area contributed by atoms with E-state index in [0.29, 0.717) is 13.1 Å². The molecule has 1 amide bonds. The Morgan fingerprint density at radius 3 is 2.52 bits per heavy atom. The minimum Gasteiger partial charge on any atom is -0.355 e. The zero-order chi connectivity index (χ0) is 14.4. The lowest BCUT2D eigenvalue weighted by Gasteiger charge is -2.15. The molecule has 0 spiro atoms. The molecular formula is C15H18BrClN2OS. The Balaban J connectivity index is 0.00000220. The zero-order valence-corrected chi connectivity index (χ0v) is 14.6. The summed E-state index contributed by atoms with van der Waals surface area (Å²) >= 11 is 5.12. The molecule has 0 radical (unpaired) electrons. The number of thiophene rings is 1. The van der Waals surface area contributed by atoms with Crippen molar-refractivity contribution in [3.63, 3.8) is 0 Å². The van der Waals surface area contributed by atoms with Crippen molar-refractivity contribution in [2.75, 3.05) is 13.1 Å². The summed E-state index contributed by atoms with van der Waals surface area (Å²) in [5, 5.41) is 2.96. The van der Waals surface area contributed by atoms with E-state index >= 15 is 0 Å². The number of nitrogens with two attached hydrogens (primary N) is 1. The molecule has 0 aliphatic heterocycles. The molecule has 3 N–H and O–H groups in total. The highest BCUT2D eigenvalue weighted by Gasteiger charge is 2.18. The maximum absolute atomic E-state index is 12.2. The number of halogens is 2. The highest BCUT2D eigenvalue weighted by molar-refractivity contribution is 9.11. The summed E-state index contributed by atoms with van der Waals surface area (Å²) in [6.07, 6.45) is 0.841. The average molecular weight is 390 g/mol. The van der Waals surface area contributed by atoms with Crippen LogP contribution in [0, 0.1) is 0 Å². The lowest BCUT2D eigenvalue weighted by molar-refractivity contribution is -0.122. The largest absolute Gasteiger partial charge is 0.355 e. The van der Waals surface area contributed by atoms with Crippen molar-refractivity contribution in [2.24, 2.45) is 5.73 Å². The van der Waals surface area contributed by atoms with Gasteiger partial charge in [0, 0.05) is 18.0 Å². The van der Waals surface area contributed by atoms with Crippen LogP contribution >= 0.6 is 39.7 Å². The number of carbonyl (C=O) groups excluding carboxylic acids is 1. The normalized spacial score (nSPS) is 11.5. The Morgan fingerprint density at radius 2 is 1.95 bits per heavy atom. The van der Waals surface area contributed by atoms with Gasteiger partial charge in [0.25, 0.3) is 0 Å².